The Kier molecular flexibility index (Phi) is 2.23. The van der Waals surface area contributed by atoms with Gasteiger partial charge in [0.15, 0.2) is 0 Å². The molecule has 1 heterocycles. The molecule has 0 aliphatic rings. The van der Waals surface area contributed by atoms with Crippen molar-refractivity contribution in [1.29, 1.82) is 0 Å². The summed E-state index contributed by atoms with van der Waals surface area (Å²) in [6.45, 7) is 1.85. The minimum absolute atomic E-state index is 0.100. The number of nitrogens with two attached hydrogens (primary N) is 1. The molecule has 0 unspecified atom stereocenters. The zero-order valence-electron chi connectivity index (χ0n) is 8.74. The highest BCUT2D eigenvalue weighted by Gasteiger charge is 2.19. The van der Waals surface area contributed by atoms with Gasteiger partial charge in [0.1, 0.15) is 5.75 Å². The number of nitrogen functional groups attached to an aromatic ring is 1. The third-order valence-corrected chi connectivity index (χ3v) is 2.63. The molecular weight excluding hydrogens is 208 g/mol. The standard InChI is InChI=1S/C11H12N2O3/c1-2-5-9(11(15)16)8-6(13-5)3-4-7(14)10(8)12/h3-4,13-14H,2,12H2,1H3,(H,15,16). The lowest BCUT2D eigenvalue weighted by Crippen LogP contribution is -2.00. The number of fused-ring (bicyclic) bond motifs is 1. The number of aromatic nitrogens is 1. The Morgan fingerprint density at radius 1 is 1.50 bits per heavy atom. The summed E-state index contributed by atoms with van der Waals surface area (Å²) in [6, 6.07) is 3.06. The van der Waals surface area contributed by atoms with Gasteiger partial charge in [0, 0.05) is 16.6 Å². The lowest BCUT2D eigenvalue weighted by Gasteiger charge is -2.01. The summed E-state index contributed by atoms with van der Waals surface area (Å²) in [5.74, 6) is -1.14. The average Bonchev–Trinajstić information content (AvgIpc) is 2.62. The molecule has 0 aliphatic heterocycles. The predicted molar refractivity (Wildman–Crippen MR) is 60.7 cm³/mol. The van der Waals surface area contributed by atoms with Gasteiger partial charge in [-0.25, -0.2) is 4.79 Å². The normalized spacial score (nSPS) is 10.8. The van der Waals surface area contributed by atoms with Crippen LogP contribution in [0.15, 0.2) is 12.1 Å². The van der Waals surface area contributed by atoms with Crippen molar-refractivity contribution in [1.82, 2.24) is 4.98 Å². The van der Waals surface area contributed by atoms with Gasteiger partial charge in [-0.15, -0.1) is 0 Å². The number of rotatable bonds is 2. The van der Waals surface area contributed by atoms with E-state index < -0.39 is 5.97 Å². The van der Waals surface area contributed by atoms with E-state index in [1.165, 1.54) is 6.07 Å². The first-order valence-corrected chi connectivity index (χ1v) is 4.91. The van der Waals surface area contributed by atoms with Gasteiger partial charge in [-0.2, -0.15) is 0 Å². The molecule has 0 saturated carbocycles. The molecule has 0 spiro atoms. The Labute approximate surface area is 91.5 Å². The largest absolute Gasteiger partial charge is 0.506 e. The van der Waals surface area contributed by atoms with E-state index >= 15 is 0 Å². The number of carbonyl (C=O) groups is 1. The van der Waals surface area contributed by atoms with Gasteiger partial charge in [-0.3, -0.25) is 0 Å². The van der Waals surface area contributed by atoms with Crippen LogP contribution in [0.2, 0.25) is 0 Å². The van der Waals surface area contributed by atoms with E-state index in [2.05, 4.69) is 4.98 Å². The number of H-pyrrole nitrogens is 1. The third-order valence-electron chi connectivity index (χ3n) is 2.63. The molecule has 0 fully saturated rings. The van der Waals surface area contributed by atoms with E-state index in [0.29, 0.717) is 23.0 Å². The minimum atomic E-state index is -1.04. The van der Waals surface area contributed by atoms with E-state index in [1.54, 1.807) is 6.07 Å². The molecule has 1 aromatic heterocycles. The molecule has 5 heteroatoms. The quantitative estimate of drug-likeness (QED) is 0.457. The Morgan fingerprint density at radius 3 is 2.75 bits per heavy atom. The smallest absolute Gasteiger partial charge is 0.338 e. The van der Waals surface area contributed by atoms with Crippen molar-refractivity contribution in [3.63, 3.8) is 0 Å². The number of aromatic carboxylic acids is 1. The molecule has 2 aromatic rings. The Bertz CT molecular complexity index is 572. The number of phenolic OH excluding ortho intramolecular Hbond substituents is 1. The maximum absolute atomic E-state index is 11.2. The maximum atomic E-state index is 11.2. The second-order valence-corrected chi connectivity index (χ2v) is 3.56. The number of aromatic hydroxyl groups is 1. The van der Waals surface area contributed by atoms with Gasteiger partial charge in [0.25, 0.3) is 0 Å². The Balaban J connectivity index is 2.92. The fourth-order valence-corrected chi connectivity index (χ4v) is 1.86. The molecule has 0 saturated heterocycles. The van der Waals surface area contributed by atoms with E-state index in [1.807, 2.05) is 6.92 Å². The predicted octanol–water partition coefficient (Wildman–Crippen LogP) is 1.72. The van der Waals surface area contributed by atoms with Gasteiger partial charge < -0.3 is 20.9 Å². The van der Waals surface area contributed by atoms with Crippen molar-refractivity contribution in [3.8, 4) is 5.75 Å². The van der Waals surface area contributed by atoms with Crippen LogP contribution < -0.4 is 5.73 Å². The van der Waals surface area contributed by atoms with E-state index in [4.69, 9.17) is 10.8 Å². The van der Waals surface area contributed by atoms with Gasteiger partial charge in [-0.05, 0) is 18.6 Å². The van der Waals surface area contributed by atoms with Crippen LogP contribution in [-0.2, 0) is 6.42 Å². The summed E-state index contributed by atoms with van der Waals surface area (Å²) in [6.07, 6.45) is 0.566. The summed E-state index contributed by atoms with van der Waals surface area (Å²) in [7, 11) is 0. The number of phenols is 1. The summed E-state index contributed by atoms with van der Waals surface area (Å²) in [4.78, 5) is 14.2. The Morgan fingerprint density at radius 2 is 2.19 bits per heavy atom. The molecule has 5 N–H and O–H groups in total. The maximum Gasteiger partial charge on any atom is 0.338 e. The highest BCUT2D eigenvalue weighted by molar-refractivity contribution is 6.10. The lowest BCUT2D eigenvalue weighted by molar-refractivity contribution is 0.0698. The van der Waals surface area contributed by atoms with Crippen LogP contribution in [0.3, 0.4) is 0 Å². The number of anilines is 1. The van der Waals surface area contributed by atoms with Crippen LogP contribution >= 0.6 is 0 Å². The molecule has 0 amide bonds. The molecule has 0 atom stereocenters. The van der Waals surface area contributed by atoms with Crippen molar-refractivity contribution in [2.75, 3.05) is 5.73 Å². The molecule has 84 valence electrons. The van der Waals surface area contributed by atoms with Crippen LogP contribution in [0.5, 0.6) is 5.75 Å². The van der Waals surface area contributed by atoms with Crippen LogP contribution in [0.4, 0.5) is 5.69 Å². The second kappa shape index (κ2) is 3.44. The van der Waals surface area contributed by atoms with E-state index in [0.717, 1.165) is 0 Å². The van der Waals surface area contributed by atoms with Crippen LogP contribution in [0.1, 0.15) is 23.0 Å². The van der Waals surface area contributed by atoms with Gasteiger partial charge in [0.2, 0.25) is 0 Å². The van der Waals surface area contributed by atoms with Crippen LogP contribution in [0, 0.1) is 0 Å². The Hall–Kier alpha value is -2.17. The van der Waals surface area contributed by atoms with Crippen LogP contribution in [-0.4, -0.2) is 21.2 Å². The SMILES string of the molecule is CCc1[nH]c2ccc(O)c(N)c2c1C(=O)O. The molecule has 0 radical (unpaired) electrons. The first-order chi connectivity index (χ1) is 7.56. The molecule has 0 bridgehead atoms. The number of carboxylic acid groups (broad SMARTS) is 1. The zero-order chi connectivity index (χ0) is 11.9. The van der Waals surface area contributed by atoms with Crippen LogP contribution in [0.25, 0.3) is 10.9 Å². The molecular formula is C11H12N2O3. The first-order valence-electron chi connectivity index (χ1n) is 4.91. The lowest BCUT2D eigenvalue weighted by atomic mass is 10.1. The van der Waals surface area contributed by atoms with Gasteiger partial charge >= 0.3 is 5.97 Å². The average molecular weight is 220 g/mol. The number of hydrogen-bond acceptors (Lipinski definition) is 3. The molecule has 0 aliphatic carbocycles. The molecule has 1 aromatic carbocycles. The minimum Gasteiger partial charge on any atom is -0.506 e. The van der Waals surface area contributed by atoms with Crippen molar-refractivity contribution in [2.24, 2.45) is 0 Å². The van der Waals surface area contributed by atoms with E-state index in [-0.39, 0.29) is 17.0 Å². The summed E-state index contributed by atoms with van der Waals surface area (Å²) in [5, 5.41) is 19.0. The fraction of sp³-hybridized carbons (Fsp3) is 0.182. The topological polar surface area (TPSA) is 99.3 Å². The zero-order valence-corrected chi connectivity index (χ0v) is 8.74. The second-order valence-electron chi connectivity index (χ2n) is 3.56. The molecule has 16 heavy (non-hydrogen) atoms. The van der Waals surface area contributed by atoms with Crippen molar-refractivity contribution >= 4 is 22.6 Å². The van der Waals surface area contributed by atoms with Crippen molar-refractivity contribution in [2.45, 2.75) is 13.3 Å². The highest BCUT2D eigenvalue weighted by atomic mass is 16.4. The summed E-state index contributed by atoms with van der Waals surface area (Å²) < 4.78 is 0. The number of benzene rings is 1. The fourth-order valence-electron chi connectivity index (χ4n) is 1.86. The monoisotopic (exact) mass is 220 g/mol. The first kappa shape index (κ1) is 10.4. The number of aromatic amines is 1. The number of hydrogen-bond donors (Lipinski definition) is 4. The van der Waals surface area contributed by atoms with E-state index in [9.17, 15) is 9.90 Å². The third kappa shape index (κ3) is 1.29. The summed E-state index contributed by atoms with van der Waals surface area (Å²) in [5.41, 5.74) is 7.18. The molecule has 2 rings (SSSR count). The van der Waals surface area contributed by atoms with Crippen molar-refractivity contribution < 1.29 is 15.0 Å². The number of nitrogens with one attached hydrogen (secondary N) is 1. The summed E-state index contributed by atoms with van der Waals surface area (Å²) >= 11 is 0. The van der Waals surface area contributed by atoms with Crippen molar-refractivity contribution in [3.05, 3.63) is 23.4 Å². The van der Waals surface area contributed by atoms with Gasteiger partial charge in [-0.1, -0.05) is 6.92 Å². The highest BCUT2D eigenvalue weighted by Crippen LogP contribution is 2.33. The molecule has 5 nitrogen and oxygen atoms in total. The number of carboxylic acids is 1. The van der Waals surface area contributed by atoms with Gasteiger partial charge in [0.05, 0.1) is 11.3 Å². The number of aryl methyl sites for hydroxylation is 1.